The van der Waals surface area contributed by atoms with Gasteiger partial charge in [0.1, 0.15) is 17.5 Å². The minimum absolute atomic E-state index is 0.0142. The van der Waals surface area contributed by atoms with Crippen LogP contribution < -0.4 is 5.32 Å². The Morgan fingerprint density at radius 2 is 2.03 bits per heavy atom. The van der Waals surface area contributed by atoms with Crippen molar-refractivity contribution < 1.29 is 4.79 Å². The molecular weight excluding hydrogens is 390 g/mol. The molecule has 160 valence electrons. The highest BCUT2D eigenvalue weighted by Crippen LogP contribution is 2.31. The van der Waals surface area contributed by atoms with E-state index in [4.69, 9.17) is 0 Å². The fourth-order valence-electron chi connectivity index (χ4n) is 3.86. The van der Waals surface area contributed by atoms with Gasteiger partial charge in [-0.05, 0) is 51.3 Å². The lowest BCUT2D eigenvalue weighted by Gasteiger charge is -2.35. The number of hydrogen-bond acceptors (Lipinski definition) is 6. The summed E-state index contributed by atoms with van der Waals surface area (Å²) in [6.45, 7) is 4.54. The summed E-state index contributed by atoms with van der Waals surface area (Å²) in [5, 5.41) is 7.41. The number of carbonyl (C=O) groups excluding carboxylic acids is 1. The lowest BCUT2D eigenvalue weighted by molar-refractivity contribution is -0.129. The Hall–Kier alpha value is -3.55. The molecule has 1 atom stereocenters. The molecular formula is C23H27N7O. The van der Waals surface area contributed by atoms with Gasteiger partial charge in [-0.3, -0.25) is 9.48 Å². The van der Waals surface area contributed by atoms with Gasteiger partial charge in [-0.25, -0.2) is 15.0 Å². The number of carbonyl (C=O) groups is 1. The van der Waals surface area contributed by atoms with Crippen molar-refractivity contribution in [3.8, 4) is 0 Å². The first-order valence-corrected chi connectivity index (χ1v) is 10.5. The van der Waals surface area contributed by atoms with Gasteiger partial charge < -0.3 is 10.2 Å². The summed E-state index contributed by atoms with van der Waals surface area (Å²) in [6.07, 6.45) is 9.98. The van der Waals surface area contributed by atoms with Crippen molar-refractivity contribution in [2.24, 2.45) is 7.05 Å². The standard InChI is InChI=1S/C23H27N7O/c1-16-7-6-9-21(25-16)28-22-13-19(26-17(2)27-22)20-8-4-5-12-30(20)23(31)11-10-18-14-24-29(3)15-18/h6-7,9-11,13-15,20H,4-5,8,12H2,1-3H3,(H,25,26,27,28)/b11-10+. The molecule has 8 nitrogen and oxygen atoms in total. The van der Waals surface area contributed by atoms with Gasteiger partial charge in [-0.1, -0.05) is 6.07 Å². The van der Waals surface area contributed by atoms with Crippen molar-refractivity contribution in [3.63, 3.8) is 0 Å². The third kappa shape index (κ3) is 5.14. The molecule has 0 radical (unpaired) electrons. The summed E-state index contributed by atoms with van der Waals surface area (Å²) in [6, 6.07) is 7.66. The zero-order valence-electron chi connectivity index (χ0n) is 18.1. The predicted octanol–water partition coefficient (Wildman–Crippen LogP) is 3.73. The number of amides is 1. The molecule has 1 fully saturated rings. The van der Waals surface area contributed by atoms with Crippen LogP contribution in [-0.4, -0.2) is 42.1 Å². The smallest absolute Gasteiger partial charge is 0.247 e. The van der Waals surface area contributed by atoms with Crippen molar-refractivity contribution >= 4 is 23.6 Å². The number of piperidine rings is 1. The van der Waals surface area contributed by atoms with Crippen LogP contribution in [0.1, 0.15) is 48.1 Å². The van der Waals surface area contributed by atoms with Gasteiger partial charge in [0.25, 0.3) is 0 Å². The number of aryl methyl sites for hydroxylation is 3. The number of pyridine rings is 1. The van der Waals surface area contributed by atoms with Gasteiger partial charge in [0.15, 0.2) is 0 Å². The highest BCUT2D eigenvalue weighted by molar-refractivity contribution is 5.92. The Kier molecular flexibility index (Phi) is 6.06. The molecule has 3 aromatic rings. The summed E-state index contributed by atoms with van der Waals surface area (Å²) >= 11 is 0. The molecule has 0 spiro atoms. The molecule has 8 heteroatoms. The number of likely N-dealkylation sites (tertiary alicyclic amines) is 1. The van der Waals surface area contributed by atoms with E-state index in [1.807, 2.05) is 62.3 Å². The number of anilines is 2. The second kappa shape index (κ2) is 9.07. The lowest BCUT2D eigenvalue weighted by atomic mass is 9.98. The normalized spacial score (nSPS) is 16.6. The van der Waals surface area contributed by atoms with Crippen molar-refractivity contribution in [2.45, 2.75) is 39.2 Å². The minimum atomic E-state index is -0.0764. The van der Waals surface area contributed by atoms with E-state index >= 15 is 0 Å². The van der Waals surface area contributed by atoms with Crippen LogP contribution in [0, 0.1) is 13.8 Å². The summed E-state index contributed by atoms with van der Waals surface area (Å²) in [4.78, 5) is 28.6. The third-order valence-electron chi connectivity index (χ3n) is 5.27. The SMILES string of the molecule is Cc1cccc(Nc2cc(C3CCCCN3C(=O)/C=C/c3cnn(C)c3)nc(C)n2)n1. The van der Waals surface area contributed by atoms with E-state index < -0.39 is 0 Å². The Bertz CT molecular complexity index is 1100. The first kappa shape index (κ1) is 20.7. The Morgan fingerprint density at radius 3 is 2.81 bits per heavy atom. The number of nitrogens with zero attached hydrogens (tertiary/aromatic N) is 6. The fraction of sp³-hybridized carbons (Fsp3) is 0.348. The largest absolute Gasteiger partial charge is 0.331 e. The molecule has 4 heterocycles. The van der Waals surface area contributed by atoms with Crippen molar-refractivity contribution in [2.75, 3.05) is 11.9 Å². The van der Waals surface area contributed by atoms with E-state index in [0.29, 0.717) is 18.2 Å². The molecule has 1 aliphatic rings. The van der Waals surface area contributed by atoms with E-state index in [-0.39, 0.29) is 11.9 Å². The Labute approximate surface area is 182 Å². The van der Waals surface area contributed by atoms with Gasteiger partial charge in [0.2, 0.25) is 5.91 Å². The first-order chi connectivity index (χ1) is 15.0. The van der Waals surface area contributed by atoms with E-state index in [2.05, 4.69) is 25.4 Å². The molecule has 1 aliphatic heterocycles. The van der Waals surface area contributed by atoms with Crippen LogP contribution in [0.25, 0.3) is 6.08 Å². The van der Waals surface area contributed by atoms with E-state index in [0.717, 1.165) is 42.0 Å². The van der Waals surface area contributed by atoms with Crippen molar-refractivity contribution in [3.05, 3.63) is 65.5 Å². The highest BCUT2D eigenvalue weighted by Gasteiger charge is 2.28. The predicted molar refractivity (Wildman–Crippen MR) is 120 cm³/mol. The summed E-state index contributed by atoms with van der Waals surface area (Å²) in [5.41, 5.74) is 2.69. The van der Waals surface area contributed by atoms with Crippen LogP contribution in [-0.2, 0) is 11.8 Å². The number of nitrogens with one attached hydrogen (secondary N) is 1. The summed E-state index contributed by atoms with van der Waals surface area (Å²) in [5.74, 6) is 2.07. The Balaban J connectivity index is 1.56. The zero-order chi connectivity index (χ0) is 21.8. The zero-order valence-corrected chi connectivity index (χ0v) is 18.1. The molecule has 0 aliphatic carbocycles. The van der Waals surface area contributed by atoms with E-state index in [1.165, 1.54) is 0 Å². The average molecular weight is 418 g/mol. The maximum Gasteiger partial charge on any atom is 0.247 e. The van der Waals surface area contributed by atoms with Crippen molar-refractivity contribution in [1.29, 1.82) is 0 Å². The molecule has 3 aromatic heterocycles. The molecule has 4 rings (SSSR count). The van der Waals surface area contributed by atoms with Crippen LogP contribution in [0.5, 0.6) is 0 Å². The van der Waals surface area contributed by atoms with Crippen LogP contribution in [0.15, 0.2) is 42.7 Å². The Morgan fingerprint density at radius 1 is 1.16 bits per heavy atom. The third-order valence-corrected chi connectivity index (χ3v) is 5.27. The second-order valence-corrected chi connectivity index (χ2v) is 7.84. The minimum Gasteiger partial charge on any atom is -0.331 e. The molecule has 31 heavy (non-hydrogen) atoms. The van der Waals surface area contributed by atoms with Gasteiger partial charge >= 0.3 is 0 Å². The molecule has 0 saturated carbocycles. The quantitative estimate of drug-likeness (QED) is 0.636. The van der Waals surface area contributed by atoms with Crippen LogP contribution >= 0.6 is 0 Å². The van der Waals surface area contributed by atoms with Gasteiger partial charge in [0, 0.05) is 43.2 Å². The van der Waals surface area contributed by atoms with E-state index in [1.54, 1.807) is 17.0 Å². The van der Waals surface area contributed by atoms with E-state index in [9.17, 15) is 4.79 Å². The number of aromatic nitrogens is 5. The topological polar surface area (TPSA) is 88.8 Å². The van der Waals surface area contributed by atoms with Crippen LogP contribution in [0.3, 0.4) is 0 Å². The molecule has 0 bridgehead atoms. The lowest BCUT2D eigenvalue weighted by Crippen LogP contribution is -2.38. The molecule has 1 saturated heterocycles. The summed E-state index contributed by atoms with van der Waals surface area (Å²) in [7, 11) is 1.86. The summed E-state index contributed by atoms with van der Waals surface area (Å²) < 4.78 is 1.72. The van der Waals surface area contributed by atoms with Crippen LogP contribution in [0.2, 0.25) is 0 Å². The maximum atomic E-state index is 13.0. The first-order valence-electron chi connectivity index (χ1n) is 10.5. The molecule has 1 N–H and O–H groups in total. The second-order valence-electron chi connectivity index (χ2n) is 7.84. The monoisotopic (exact) mass is 417 g/mol. The van der Waals surface area contributed by atoms with Crippen molar-refractivity contribution in [1.82, 2.24) is 29.6 Å². The number of hydrogen-bond donors (Lipinski definition) is 1. The molecule has 1 unspecified atom stereocenters. The maximum absolute atomic E-state index is 13.0. The average Bonchev–Trinajstić information content (AvgIpc) is 3.17. The van der Waals surface area contributed by atoms with Crippen LogP contribution in [0.4, 0.5) is 11.6 Å². The fourth-order valence-corrected chi connectivity index (χ4v) is 3.86. The number of rotatable bonds is 5. The van der Waals surface area contributed by atoms with Gasteiger partial charge in [0.05, 0.1) is 17.9 Å². The van der Waals surface area contributed by atoms with Gasteiger partial charge in [-0.15, -0.1) is 0 Å². The molecule has 1 amide bonds. The highest BCUT2D eigenvalue weighted by atomic mass is 16.2. The van der Waals surface area contributed by atoms with Gasteiger partial charge in [-0.2, -0.15) is 5.10 Å². The molecule has 0 aromatic carbocycles.